The number of piperidine rings is 1. The van der Waals surface area contributed by atoms with Crippen LogP contribution in [0, 0.1) is 5.92 Å². The lowest BCUT2D eigenvalue weighted by molar-refractivity contribution is -0.124. The van der Waals surface area contributed by atoms with Crippen LogP contribution < -0.4 is 5.32 Å². The summed E-state index contributed by atoms with van der Waals surface area (Å²) in [6, 6.07) is 0. The Morgan fingerprint density at radius 1 is 1.12 bits per heavy atom. The van der Waals surface area contributed by atoms with Crippen molar-refractivity contribution in [3.63, 3.8) is 0 Å². The summed E-state index contributed by atoms with van der Waals surface area (Å²) in [5.41, 5.74) is 0.173. The average Bonchev–Trinajstić information content (AvgIpc) is 2.62. The molecule has 1 N–H and O–H groups in total. The number of hydrogen-bond donors (Lipinski definition) is 1. The van der Waals surface area contributed by atoms with Crippen molar-refractivity contribution >= 4 is 5.91 Å². The minimum Gasteiger partial charge on any atom is -0.379 e. The summed E-state index contributed by atoms with van der Waals surface area (Å²) in [6.07, 6.45) is 8.88. The molecule has 0 aromatic rings. The smallest absolute Gasteiger partial charge is 0.234 e. The van der Waals surface area contributed by atoms with Crippen LogP contribution in [0.2, 0.25) is 0 Å². The Bertz CT molecular complexity index is 403. The van der Waals surface area contributed by atoms with Gasteiger partial charge in [-0.2, -0.15) is 0 Å². The first-order valence-corrected chi connectivity index (χ1v) is 10.00. The zero-order valence-corrected chi connectivity index (χ0v) is 15.4. The molecule has 3 aliphatic rings. The molecule has 1 unspecified atom stereocenters. The van der Waals surface area contributed by atoms with Gasteiger partial charge in [0.1, 0.15) is 0 Å². The number of likely N-dealkylation sites (tertiary alicyclic amines) is 1. The van der Waals surface area contributed by atoms with Crippen LogP contribution in [0.25, 0.3) is 0 Å². The van der Waals surface area contributed by atoms with Crippen molar-refractivity contribution in [1.82, 2.24) is 15.1 Å². The monoisotopic (exact) mass is 337 g/mol. The quantitative estimate of drug-likeness (QED) is 0.832. The highest BCUT2D eigenvalue weighted by molar-refractivity contribution is 5.78. The summed E-state index contributed by atoms with van der Waals surface area (Å²) in [6.45, 7) is 9.52. The van der Waals surface area contributed by atoms with Crippen LogP contribution in [0.3, 0.4) is 0 Å². The summed E-state index contributed by atoms with van der Waals surface area (Å²) in [5.74, 6) is 0.937. The summed E-state index contributed by atoms with van der Waals surface area (Å²) in [4.78, 5) is 17.4. The van der Waals surface area contributed by atoms with Crippen LogP contribution in [0.5, 0.6) is 0 Å². The Morgan fingerprint density at radius 2 is 1.88 bits per heavy atom. The molecule has 3 fully saturated rings. The lowest BCUT2D eigenvalue weighted by Crippen LogP contribution is -2.60. The normalized spacial score (nSPS) is 29.3. The van der Waals surface area contributed by atoms with Gasteiger partial charge < -0.3 is 10.1 Å². The van der Waals surface area contributed by atoms with Gasteiger partial charge in [0.25, 0.3) is 0 Å². The van der Waals surface area contributed by atoms with E-state index in [0.29, 0.717) is 6.54 Å². The molecule has 1 aliphatic carbocycles. The average molecular weight is 338 g/mol. The van der Waals surface area contributed by atoms with Gasteiger partial charge in [-0.3, -0.25) is 14.6 Å². The largest absolute Gasteiger partial charge is 0.379 e. The summed E-state index contributed by atoms with van der Waals surface area (Å²) < 4.78 is 5.54. The molecule has 1 atom stereocenters. The Morgan fingerprint density at radius 3 is 2.58 bits per heavy atom. The van der Waals surface area contributed by atoms with E-state index >= 15 is 0 Å². The number of carbonyl (C=O) groups is 1. The first-order chi connectivity index (χ1) is 11.7. The molecule has 0 spiro atoms. The van der Waals surface area contributed by atoms with Crippen LogP contribution in [0.15, 0.2) is 0 Å². The van der Waals surface area contributed by atoms with Crippen LogP contribution in [-0.2, 0) is 9.53 Å². The molecule has 0 aromatic heterocycles. The highest BCUT2D eigenvalue weighted by atomic mass is 16.5. The molecular formula is C19H35N3O2. The highest BCUT2D eigenvalue weighted by Crippen LogP contribution is 2.33. The van der Waals surface area contributed by atoms with E-state index in [1.807, 2.05) is 0 Å². The Hall–Kier alpha value is -0.650. The zero-order chi connectivity index (χ0) is 16.8. The van der Waals surface area contributed by atoms with Gasteiger partial charge >= 0.3 is 0 Å². The summed E-state index contributed by atoms with van der Waals surface area (Å²) in [7, 11) is 0. The molecule has 24 heavy (non-hydrogen) atoms. The number of amides is 1. The van der Waals surface area contributed by atoms with Gasteiger partial charge in [-0.05, 0) is 38.1 Å². The minimum absolute atomic E-state index is 0.173. The van der Waals surface area contributed by atoms with E-state index in [-0.39, 0.29) is 11.4 Å². The lowest BCUT2D eigenvalue weighted by atomic mass is 9.79. The molecule has 3 rings (SSSR count). The van der Waals surface area contributed by atoms with Gasteiger partial charge in [-0.1, -0.05) is 26.2 Å². The summed E-state index contributed by atoms with van der Waals surface area (Å²) >= 11 is 0. The molecule has 138 valence electrons. The van der Waals surface area contributed by atoms with Crippen molar-refractivity contribution in [2.75, 3.05) is 52.5 Å². The first kappa shape index (κ1) is 18.2. The molecule has 0 bridgehead atoms. The zero-order valence-electron chi connectivity index (χ0n) is 15.4. The van der Waals surface area contributed by atoms with Crippen LogP contribution in [0.1, 0.15) is 51.9 Å². The molecule has 2 saturated heterocycles. The van der Waals surface area contributed by atoms with Crippen LogP contribution in [0.4, 0.5) is 0 Å². The van der Waals surface area contributed by atoms with E-state index < -0.39 is 0 Å². The topological polar surface area (TPSA) is 44.8 Å². The fraction of sp³-hybridized carbons (Fsp3) is 0.947. The number of nitrogens with one attached hydrogen (secondary N) is 1. The summed E-state index contributed by atoms with van der Waals surface area (Å²) in [5, 5.41) is 3.29. The number of carbonyl (C=O) groups excluding carboxylic acids is 1. The van der Waals surface area contributed by atoms with Crippen molar-refractivity contribution in [1.29, 1.82) is 0 Å². The number of nitrogens with zero attached hydrogens (tertiary/aromatic N) is 2. The molecule has 0 aromatic carbocycles. The number of morpholine rings is 1. The molecule has 1 saturated carbocycles. The van der Waals surface area contributed by atoms with Crippen molar-refractivity contribution in [3.8, 4) is 0 Å². The predicted octanol–water partition coefficient (Wildman–Crippen LogP) is 1.87. The maximum absolute atomic E-state index is 12.5. The Balaban J connectivity index is 1.52. The third kappa shape index (κ3) is 4.70. The third-order valence-corrected chi connectivity index (χ3v) is 6.19. The van der Waals surface area contributed by atoms with Crippen molar-refractivity contribution in [3.05, 3.63) is 0 Å². The third-order valence-electron chi connectivity index (χ3n) is 6.19. The minimum atomic E-state index is 0.173. The Kier molecular flexibility index (Phi) is 6.53. The second-order valence-corrected chi connectivity index (χ2v) is 8.14. The van der Waals surface area contributed by atoms with Crippen molar-refractivity contribution in [2.24, 2.45) is 5.92 Å². The first-order valence-electron chi connectivity index (χ1n) is 10.00. The van der Waals surface area contributed by atoms with Gasteiger partial charge in [0.15, 0.2) is 0 Å². The lowest BCUT2D eigenvalue weighted by Gasteiger charge is -2.48. The van der Waals surface area contributed by atoms with Crippen LogP contribution >= 0.6 is 0 Å². The SMILES string of the molecule is CC1CCCN(CC(=O)NCC2(N3CCOCC3)CCCCC2)C1. The molecule has 0 radical (unpaired) electrons. The fourth-order valence-corrected chi connectivity index (χ4v) is 4.80. The van der Waals surface area contributed by atoms with E-state index in [0.717, 1.165) is 51.9 Å². The molecule has 2 aliphatic heterocycles. The molecular weight excluding hydrogens is 302 g/mol. The maximum atomic E-state index is 12.5. The van der Waals surface area contributed by atoms with Gasteiger partial charge in [-0.15, -0.1) is 0 Å². The van der Waals surface area contributed by atoms with E-state index in [1.165, 1.54) is 44.9 Å². The van der Waals surface area contributed by atoms with Gasteiger partial charge in [0.05, 0.1) is 19.8 Å². The van der Waals surface area contributed by atoms with Crippen LogP contribution in [-0.4, -0.2) is 73.7 Å². The van der Waals surface area contributed by atoms with E-state index in [4.69, 9.17) is 4.74 Å². The molecule has 5 nitrogen and oxygen atoms in total. The number of hydrogen-bond acceptors (Lipinski definition) is 4. The van der Waals surface area contributed by atoms with Gasteiger partial charge in [0, 0.05) is 31.7 Å². The fourth-order valence-electron chi connectivity index (χ4n) is 4.80. The molecule has 1 amide bonds. The van der Waals surface area contributed by atoms with E-state index in [1.54, 1.807) is 0 Å². The predicted molar refractivity (Wildman–Crippen MR) is 96.1 cm³/mol. The van der Waals surface area contributed by atoms with Gasteiger partial charge in [0.2, 0.25) is 5.91 Å². The molecule has 5 heteroatoms. The maximum Gasteiger partial charge on any atom is 0.234 e. The van der Waals surface area contributed by atoms with Gasteiger partial charge in [-0.25, -0.2) is 0 Å². The highest BCUT2D eigenvalue weighted by Gasteiger charge is 2.38. The molecule has 2 heterocycles. The second kappa shape index (κ2) is 8.63. The second-order valence-electron chi connectivity index (χ2n) is 8.14. The van der Waals surface area contributed by atoms with Crippen molar-refractivity contribution < 1.29 is 9.53 Å². The number of ether oxygens (including phenoxy) is 1. The standard InChI is InChI=1S/C19H35N3O2/c1-17-6-5-9-21(14-17)15-18(23)20-16-19(7-3-2-4-8-19)22-10-12-24-13-11-22/h17H,2-16H2,1H3,(H,20,23). The van der Waals surface area contributed by atoms with E-state index in [9.17, 15) is 4.79 Å². The number of rotatable bonds is 5. The van der Waals surface area contributed by atoms with E-state index in [2.05, 4.69) is 22.0 Å². The van der Waals surface area contributed by atoms with Crippen molar-refractivity contribution in [2.45, 2.75) is 57.4 Å². The Labute approximate surface area is 147 Å².